The van der Waals surface area contributed by atoms with Gasteiger partial charge in [-0.15, -0.1) is 0 Å². The maximum atomic E-state index is 12.6. The van der Waals surface area contributed by atoms with Crippen LogP contribution in [0.25, 0.3) is 0 Å². The Hall–Kier alpha value is -2.48. The molecule has 0 aromatic heterocycles. The van der Waals surface area contributed by atoms with E-state index >= 15 is 0 Å². The average Bonchev–Trinajstić information content (AvgIpc) is 2.57. The van der Waals surface area contributed by atoms with E-state index in [0.717, 1.165) is 0 Å². The van der Waals surface area contributed by atoms with Gasteiger partial charge < -0.3 is 14.4 Å². The quantitative estimate of drug-likeness (QED) is 0.280. The first-order valence-electron chi connectivity index (χ1n) is 7.67. The third-order valence-electron chi connectivity index (χ3n) is 3.28. The summed E-state index contributed by atoms with van der Waals surface area (Å²) < 4.78 is 9.85. The summed E-state index contributed by atoms with van der Waals surface area (Å²) >= 11 is 0. The van der Waals surface area contributed by atoms with Gasteiger partial charge in [-0.25, -0.2) is 0 Å². The fourth-order valence-electron chi connectivity index (χ4n) is 2.08. The number of ether oxygens (including phenoxy) is 2. The van der Waals surface area contributed by atoms with Crippen molar-refractivity contribution in [1.82, 2.24) is 4.90 Å². The molecule has 8 heteroatoms. The molecule has 0 N–H and O–H groups in total. The van der Waals surface area contributed by atoms with Crippen LogP contribution in [-0.2, 0) is 14.3 Å². The molecule has 0 fully saturated rings. The largest absolute Gasteiger partial charge is 0.466 e. The zero-order valence-electron chi connectivity index (χ0n) is 13.9. The molecule has 0 aliphatic heterocycles. The molecule has 0 atom stereocenters. The van der Waals surface area contributed by atoms with Gasteiger partial charge in [0.1, 0.15) is 0 Å². The van der Waals surface area contributed by atoms with Crippen molar-refractivity contribution < 1.29 is 24.0 Å². The minimum atomic E-state index is -0.522. The van der Waals surface area contributed by atoms with Crippen molar-refractivity contribution >= 4 is 17.6 Å². The molecule has 0 heterocycles. The van der Waals surface area contributed by atoms with Crippen LogP contribution in [0.2, 0.25) is 0 Å². The monoisotopic (exact) mass is 338 g/mol. The number of esters is 1. The highest BCUT2D eigenvalue weighted by Crippen LogP contribution is 2.14. The number of methoxy groups -OCH3 is 1. The van der Waals surface area contributed by atoms with E-state index in [4.69, 9.17) is 9.47 Å². The lowest BCUT2D eigenvalue weighted by molar-refractivity contribution is -0.384. The molecular formula is C16H22N2O6. The fraction of sp³-hybridized carbons (Fsp3) is 0.500. The lowest BCUT2D eigenvalue weighted by Crippen LogP contribution is -2.34. The number of non-ortho nitro benzene ring substituents is 1. The Morgan fingerprint density at radius 2 is 1.88 bits per heavy atom. The molecule has 1 amide bonds. The van der Waals surface area contributed by atoms with Crippen molar-refractivity contribution in [3.05, 3.63) is 39.9 Å². The molecule has 0 aliphatic carbocycles. The van der Waals surface area contributed by atoms with Crippen molar-refractivity contribution in [1.29, 1.82) is 0 Å². The summed E-state index contributed by atoms with van der Waals surface area (Å²) in [5, 5.41) is 10.7. The molecule has 0 aliphatic rings. The maximum Gasteiger partial charge on any atom is 0.307 e. The number of carbonyl (C=O) groups excluding carboxylic acids is 2. The molecule has 24 heavy (non-hydrogen) atoms. The Kier molecular flexibility index (Phi) is 8.42. The van der Waals surface area contributed by atoms with Gasteiger partial charge in [0.05, 0.1) is 18.0 Å². The van der Waals surface area contributed by atoms with Gasteiger partial charge >= 0.3 is 5.97 Å². The number of nitro groups is 1. The molecule has 1 aromatic carbocycles. The Bertz CT molecular complexity index is 558. The minimum Gasteiger partial charge on any atom is -0.466 e. The van der Waals surface area contributed by atoms with Crippen LogP contribution in [0.3, 0.4) is 0 Å². The first kappa shape index (κ1) is 19.6. The van der Waals surface area contributed by atoms with Gasteiger partial charge in [-0.3, -0.25) is 19.7 Å². The van der Waals surface area contributed by atoms with Crippen molar-refractivity contribution in [3.63, 3.8) is 0 Å². The number of nitrogens with zero attached hydrogens (tertiary/aromatic N) is 2. The van der Waals surface area contributed by atoms with Crippen molar-refractivity contribution in [2.45, 2.75) is 19.8 Å². The molecule has 0 unspecified atom stereocenters. The highest BCUT2D eigenvalue weighted by atomic mass is 16.6. The first-order chi connectivity index (χ1) is 11.5. The predicted molar refractivity (Wildman–Crippen MR) is 86.7 cm³/mol. The van der Waals surface area contributed by atoms with E-state index in [1.54, 1.807) is 14.0 Å². The molecule has 132 valence electrons. The van der Waals surface area contributed by atoms with E-state index < -0.39 is 4.92 Å². The first-order valence-corrected chi connectivity index (χ1v) is 7.67. The average molecular weight is 338 g/mol. The lowest BCUT2D eigenvalue weighted by atomic mass is 10.1. The van der Waals surface area contributed by atoms with Gasteiger partial charge in [0.15, 0.2) is 0 Å². The Balaban J connectivity index is 2.77. The van der Waals surface area contributed by atoms with Gasteiger partial charge in [0.25, 0.3) is 11.6 Å². The molecule has 1 rings (SSSR count). The second-order valence-corrected chi connectivity index (χ2v) is 5.00. The SMILES string of the molecule is CCOC(=O)CCN(CCCOC)C(=O)c1ccc([N+](=O)[O-])cc1. The van der Waals surface area contributed by atoms with Gasteiger partial charge in [-0.05, 0) is 25.5 Å². The van der Waals surface area contributed by atoms with E-state index in [2.05, 4.69) is 0 Å². The van der Waals surface area contributed by atoms with Crippen LogP contribution < -0.4 is 0 Å². The molecule has 0 saturated heterocycles. The van der Waals surface area contributed by atoms with E-state index in [9.17, 15) is 19.7 Å². The molecule has 0 radical (unpaired) electrons. The van der Waals surface area contributed by atoms with Crippen LogP contribution in [0.4, 0.5) is 5.69 Å². The smallest absolute Gasteiger partial charge is 0.307 e. The Labute approximate surface area is 140 Å². The molecule has 0 saturated carbocycles. The predicted octanol–water partition coefficient (Wildman–Crippen LogP) is 2.03. The van der Waals surface area contributed by atoms with Gasteiger partial charge in [-0.1, -0.05) is 0 Å². The maximum absolute atomic E-state index is 12.6. The van der Waals surface area contributed by atoms with Gasteiger partial charge in [0.2, 0.25) is 0 Å². The molecule has 1 aromatic rings. The summed E-state index contributed by atoms with van der Waals surface area (Å²) in [6.45, 7) is 3.14. The third-order valence-corrected chi connectivity index (χ3v) is 3.28. The highest BCUT2D eigenvalue weighted by Gasteiger charge is 2.18. The molecule has 0 spiro atoms. The van der Waals surface area contributed by atoms with Crippen LogP contribution in [0.15, 0.2) is 24.3 Å². The second-order valence-electron chi connectivity index (χ2n) is 5.00. The number of rotatable bonds is 10. The minimum absolute atomic E-state index is 0.0796. The zero-order valence-corrected chi connectivity index (χ0v) is 13.9. The number of nitro benzene ring substituents is 1. The van der Waals surface area contributed by atoms with E-state index in [0.29, 0.717) is 31.7 Å². The second kappa shape index (κ2) is 10.3. The highest BCUT2D eigenvalue weighted by molar-refractivity contribution is 5.94. The summed E-state index contributed by atoms with van der Waals surface area (Å²) in [7, 11) is 1.57. The molecular weight excluding hydrogens is 316 g/mol. The van der Waals surface area contributed by atoms with Crippen LogP contribution in [0.5, 0.6) is 0 Å². The summed E-state index contributed by atoms with van der Waals surface area (Å²) in [4.78, 5) is 35.7. The summed E-state index contributed by atoms with van der Waals surface area (Å²) in [5.74, 6) is -0.656. The van der Waals surface area contributed by atoms with E-state index in [1.165, 1.54) is 29.2 Å². The molecule has 8 nitrogen and oxygen atoms in total. The summed E-state index contributed by atoms with van der Waals surface area (Å²) in [5.41, 5.74) is 0.255. The number of amides is 1. The number of carbonyl (C=O) groups is 2. The van der Waals surface area contributed by atoms with E-state index in [-0.39, 0.29) is 30.5 Å². The van der Waals surface area contributed by atoms with Crippen molar-refractivity contribution in [2.75, 3.05) is 33.4 Å². The number of hydrogen-bond acceptors (Lipinski definition) is 6. The van der Waals surface area contributed by atoms with Gasteiger partial charge in [-0.2, -0.15) is 0 Å². The number of benzene rings is 1. The third kappa shape index (κ3) is 6.33. The number of hydrogen-bond donors (Lipinski definition) is 0. The summed E-state index contributed by atoms with van der Waals surface area (Å²) in [6, 6.07) is 5.39. The van der Waals surface area contributed by atoms with Crippen LogP contribution in [0.1, 0.15) is 30.1 Å². The molecule has 0 bridgehead atoms. The van der Waals surface area contributed by atoms with Crippen molar-refractivity contribution in [2.24, 2.45) is 0 Å². The Morgan fingerprint density at radius 3 is 2.42 bits per heavy atom. The normalized spacial score (nSPS) is 10.2. The summed E-state index contributed by atoms with van der Waals surface area (Å²) in [6.07, 6.45) is 0.720. The fourth-order valence-corrected chi connectivity index (χ4v) is 2.08. The van der Waals surface area contributed by atoms with Gasteiger partial charge in [0, 0.05) is 44.5 Å². The lowest BCUT2D eigenvalue weighted by Gasteiger charge is -2.22. The zero-order chi connectivity index (χ0) is 17.9. The van der Waals surface area contributed by atoms with Crippen LogP contribution in [0, 0.1) is 10.1 Å². The van der Waals surface area contributed by atoms with Crippen molar-refractivity contribution in [3.8, 4) is 0 Å². The van der Waals surface area contributed by atoms with Crippen LogP contribution in [-0.4, -0.2) is 55.1 Å². The van der Waals surface area contributed by atoms with E-state index in [1.807, 2.05) is 0 Å². The Morgan fingerprint density at radius 1 is 1.21 bits per heavy atom. The van der Waals surface area contributed by atoms with Crippen LogP contribution >= 0.6 is 0 Å². The topological polar surface area (TPSA) is 99.0 Å². The standard InChI is InChI=1S/C16H22N2O6/c1-3-24-15(19)9-11-17(10-4-12-23-2)16(20)13-5-7-14(8-6-13)18(21)22/h5-8H,3-4,9-12H2,1-2H3.